The highest BCUT2D eigenvalue weighted by atomic mass is 35.5. The first kappa shape index (κ1) is 29.7. The fourth-order valence-corrected chi connectivity index (χ4v) is 6.16. The molecule has 15 heteroatoms. The maximum atomic E-state index is 12.3. The summed E-state index contributed by atoms with van der Waals surface area (Å²) in [5.74, 6) is -0.261. The van der Waals surface area contributed by atoms with Gasteiger partial charge in [0.2, 0.25) is 5.28 Å². The Hall–Kier alpha value is -2.77. The number of halogens is 1. The van der Waals surface area contributed by atoms with Crippen LogP contribution in [0.4, 0.5) is 5.82 Å². The minimum atomic E-state index is -2.89. The van der Waals surface area contributed by atoms with Gasteiger partial charge in [-0.2, -0.15) is 4.98 Å². The van der Waals surface area contributed by atoms with Gasteiger partial charge in [0.1, 0.15) is 41.6 Å². The molecule has 2 aliphatic rings. The van der Waals surface area contributed by atoms with Crippen molar-refractivity contribution in [3.63, 3.8) is 0 Å². The number of aliphatic hydroxyl groups excluding tert-OH is 2. The number of para-hydroxylation sites is 1. The summed E-state index contributed by atoms with van der Waals surface area (Å²) in [6, 6.07) is 7.83. The lowest BCUT2D eigenvalue weighted by Crippen LogP contribution is -2.33. The summed E-state index contributed by atoms with van der Waals surface area (Å²) in [4.78, 5) is 19.7. The standard InChI is InChI=1S/C26H33ClN5O8P/c1-14(25(35)36)31-41(37)40-18-9-5-2-6-15(18)12-38-13-19-20(33)21(34)24(39-19)32-11-10-17-22(28-16-7-3-4-8-16)29-26(27)30-23(17)32/h2,5-6,9-11,14,16,19-21,24,33-34,41H,3-4,7-8,12-13H2,1H3,(H,31,37)(H,35,36)(H,28,29,30)/t14-,19+,20+,21+,24+/m0/s1. The summed E-state index contributed by atoms with van der Waals surface area (Å²) in [5.41, 5.74) is 1.03. The van der Waals surface area contributed by atoms with Gasteiger partial charge >= 0.3 is 14.1 Å². The van der Waals surface area contributed by atoms with E-state index in [9.17, 15) is 19.6 Å². The van der Waals surface area contributed by atoms with E-state index in [0.29, 0.717) is 23.1 Å². The van der Waals surface area contributed by atoms with Crippen LogP contribution in [0.2, 0.25) is 5.28 Å². The van der Waals surface area contributed by atoms with Crippen LogP contribution in [0, 0.1) is 0 Å². The number of aromatic nitrogens is 3. The summed E-state index contributed by atoms with van der Waals surface area (Å²) < 4.78 is 31.1. The van der Waals surface area contributed by atoms with Crippen molar-refractivity contribution in [1.29, 1.82) is 0 Å². The van der Waals surface area contributed by atoms with E-state index in [1.165, 1.54) is 6.92 Å². The molecule has 1 unspecified atom stereocenters. The third kappa shape index (κ3) is 6.83. The van der Waals surface area contributed by atoms with Gasteiger partial charge in [-0.05, 0) is 43.5 Å². The SMILES string of the molecule is C[C@H](N[PH](=O)Oc1ccccc1COC[C@H]1O[C@@H](n2ccc3c(NC4CCCC4)nc(Cl)nc32)[C@H](O)[C@@H]1O)C(=O)O. The Morgan fingerprint density at radius 2 is 1.98 bits per heavy atom. The van der Waals surface area contributed by atoms with Gasteiger partial charge < -0.3 is 39.2 Å². The molecule has 1 saturated heterocycles. The van der Waals surface area contributed by atoms with Crippen LogP contribution in [0.3, 0.4) is 0 Å². The van der Waals surface area contributed by atoms with E-state index in [4.69, 9.17) is 30.7 Å². The molecule has 13 nitrogen and oxygen atoms in total. The zero-order valence-electron chi connectivity index (χ0n) is 22.3. The van der Waals surface area contributed by atoms with Crippen molar-refractivity contribution in [2.75, 3.05) is 11.9 Å². The molecule has 0 spiro atoms. The number of nitrogens with one attached hydrogen (secondary N) is 2. The average molecular weight is 610 g/mol. The molecule has 2 aromatic heterocycles. The molecule has 2 fully saturated rings. The second-order valence-electron chi connectivity index (χ2n) is 10.2. The maximum Gasteiger partial charge on any atom is 0.320 e. The Morgan fingerprint density at radius 1 is 1.22 bits per heavy atom. The van der Waals surface area contributed by atoms with Crippen LogP contribution in [0.5, 0.6) is 5.75 Å². The smallest absolute Gasteiger partial charge is 0.320 e. The first-order valence-corrected chi connectivity index (χ1v) is 15.1. The fourth-order valence-electron chi connectivity index (χ4n) is 5.06. The number of fused-ring (bicyclic) bond motifs is 1. The maximum absolute atomic E-state index is 12.3. The quantitative estimate of drug-likeness (QED) is 0.150. The number of anilines is 1. The predicted octanol–water partition coefficient (Wildman–Crippen LogP) is 3.11. The number of hydrogen-bond donors (Lipinski definition) is 5. The molecule has 1 aliphatic carbocycles. The molecule has 222 valence electrons. The molecule has 3 heterocycles. The van der Waals surface area contributed by atoms with Crippen LogP contribution in [0.1, 0.15) is 44.4 Å². The number of benzene rings is 1. The summed E-state index contributed by atoms with van der Waals surface area (Å²) >= 11 is 6.24. The molecule has 5 rings (SSSR count). The first-order valence-electron chi connectivity index (χ1n) is 13.4. The number of ether oxygens (including phenoxy) is 2. The Balaban J connectivity index is 1.23. The minimum Gasteiger partial charge on any atom is -0.480 e. The number of aliphatic hydroxyl groups is 2. The molecule has 0 radical (unpaired) electrons. The molecule has 3 aromatic rings. The van der Waals surface area contributed by atoms with Crippen LogP contribution in [0.15, 0.2) is 36.5 Å². The van der Waals surface area contributed by atoms with Crippen molar-refractivity contribution in [2.24, 2.45) is 0 Å². The number of aliphatic carboxylic acids is 1. The Bertz CT molecular complexity index is 1400. The molecule has 0 bridgehead atoms. The van der Waals surface area contributed by atoms with E-state index in [1.807, 2.05) is 6.07 Å². The van der Waals surface area contributed by atoms with Gasteiger partial charge in [-0.25, -0.2) is 10.1 Å². The first-order chi connectivity index (χ1) is 19.7. The molecule has 1 aromatic carbocycles. The molecule has 0 amide bonds. The summed E-state index contributed by atoms with van der Waals surface area (Å²) in [6.07, 6.45) is 1.85. The van der Waals surface area contributed by atoms with Gasteiger partial charge in [-0.3, -0.25) is 9.36 Å². The average Bonchev–Trinajstić information content (AvgIpc) is 3.66. The zero-order chi connectivity index (χ0) is 29.1. The van der Waals surface area contributed by atoms with Crippen molar-refractivity contribution < 1.29 is 38.7 Å². The zero-order valence-corrected chi connectivity index (χ0v) is 24.0. The van der Waals surface area contributed by atoms with Gasteiger partial charge in [0.15, 0.2) is 6.23 Å². The van der Waals surface area contributed by atoms with E-state index in [-0.39, 0.29) is 24.2 Å². The van der Waals surface area contributed by atoms with Crippen LogP contribution < -0.4 is 14.9 Å². The molecule has 1 saturated carbocycles. The predicted molar refractivity (Wildman–Crippen MR) is 150 cm³/mol. The fraction of sp³-hybridized carbons (Fsp3) is 0.500. The minimum absolute atomic E-state index is 0.0264. The summed E-state index contributed by atoms with van der Waals surface area (Å²) in [5, 5.41) is 37.2. The second-order valence-corrected chi connectivity index (χ2v) is 11.6. The van der Waals surface area contributed by atoms with E-state index in [0.717, 1.165) is 31.1 Å². The number of rotatable bonds is 12. The van der Waals surface area contributed by atoms with Crippen molar-refractivity contribution in [3.05, 3.63) is 47.4 Å². The van der Waals surface area contributed by atoms with E-state index in [1.54, 1.807) is 35.0 Å². The van der Waals surface area contributed by atoms with E-state index in [2.05, 4.69) is 20.4 Å². The Kier molecular flexibility index (Phi) is 9.45. The van der Waals surface area contributed by atoms with Crippen LogP contribution >= 0.6 is 19.8 Å². The van der Waals surface area contributed by atoms with Crippen molar-refractivity contribution in [1.82, 2.24) is 19.6 Å². The van der Waals surface area contributed by atoms with Gasteiger partial charge in [0, 0.05) is 17.8 Å². The number of nitrogens with zero attached hydrogens (tertiary/aromatic N) is 3. The molecule has 6 atom stereocenters. The summed E-state index contributed by atoms with van der Waals surface area (Å²) in [6.45, 7) is 1.33. The molecule has 5 N–H and O–H groups in total. The number of carboxylic acids is 1. The van der Waals surface area contributed by atoms with Crippen LogP contribution in [0.25, 0.3) is 11.0 Å². The third-order valence-corrected chi connectivity index (χ3v) is 8.51. The van der Waals surface area contributed by atoms with Crippen molar-refractivity contribution >= 4 is 42.6 Å². The van der Waals surface area contributed by atoms with Crippen LogP contribution in [-0.2, 0) is 25.4 Å². The summed E-state index contributed by atoms with van der Waals surface area (Å²) in [7, 11) is -2.89. The van der Waals surface area contributed by atoms with E-state index >= 15 is 0 Å². The lowest BCUT2D eigenvalue weighted by atomic mass is 10.1. The number of carbonyl (C=O) groups is 1. The highest BCUT2D eigenvalue weighted by Gasteiger charge is 2.44. The van der Waals surface area contributed by atoms with Gasteiger partial charge in [0.05, 0.1) is 18.6 Å². The Labute approximate surface area is 241 Å². The molecular weight excluding hydrogens is 577 g/mol. The van der Waals surface area contributed by atoms with Gasteiger partial charge in [0.25, 0.3) is 0 Å². The number of hydrogen-bond acceptors (Lipinski definition) is 10. The molecule has 1 aliphatic heterocycles. The van der Waals surface area contributed by atoms with Crippen molar-refractivity contribution in [2.45, 2.75) is 75.8 Å². The largest absolute Gasteiger partial charge is 0.480 e. The third-order valence-electron chi connectivity index (χ3n) is 7.27. The number of carboxylic acid groups (broad SMARTS) is 1. The normalized spacial score (nSPS) is 24.5. The topological polar surface area (TPSA) is 177 Å². The van der Waals surface area contributed by atoms with Gasteiger partial charge in [-0.15, -0.1) is 0 Å². The second kappa shape index (κ2) is 13.0. The lowest BCUT2D eigenvalue weighted by Gasteiger charge is -2.18. The lowest BCUT2D eigenvalue weighted by molar-refractivity contribution is -0.138. The highest BCUT2D eigenvalue weighted by molar-refractivity contribution is 7.37. The molecular formula is C26H33ClN5O8P. The van der Waals surface area contributed by atoms with Crippen molar-refractivity contribution in [3.8, 4) is 5.75 Å². The van der Waals surface area contributed by atoms with Gasteiger partial charge in [-0.1, -0.05) is 31.0 Å². The molecule has 41 heavy (non-hydrogen) atoms. The Morgan fingerprint density at radius 3 is 2.73 bits per heavy atom. The van der Waals surface area contributed by atoms with Crippen LogP contribution in [-0.4, -0.2) is 72.8 Å². The monoisotopic (exact) mass is 609 g/mol. The highest BCUT2D eigenvalue weighted by Crippen LogP contribution is 2.35. The van der Waals surface area contributed by atoms with E-state index < -0.39 is 44.7 Å².